The van der Waals surface area contributed by atoms with E-state index in [1.807, 2.05) is 6.07 Å². The first kappa shape index (κ1) is 32.7. The highest BCUT2D eigenvalue weighted by atomic mass is 16.3. The number of nitrogens with zero attached hydrogens (tertiary/aromatic N) is 1. The SMILES string of the molecule is c1ccc(-c2nc3ccccc3c3c(-c4ccc(-c5cccc6c5-c5ccccc5C6(c5ccccc5)c5ccccc5)cc4)c4c(cc23)oc2ccccc24)cc1. The largest absolute Gasteiger partial charge is 0.456 e. The number of pyridine rings is 1. The molecule has 0 bridgehead atoms. The van der Waals surface area contributed by atoms with E-state index >= 15 is 0 Å². The number of furan rings is 1. The van der Waals surface area contributed by atoms with Crippen LogP contribution < -0.4 is 0 Å². The highest BCUT2D eigenvalue weighted by molar-refractivity contribution is 6.27. The Bertz CT molecular complexity index is 3320. The second kappa shape index (κ2) is 12.7. The minimum atomic E-state index is -0.452. The summed E-state index contributed by atoms with van der Waals surface area (Å²) >= 11 is 0. The Morgan fingerprint density at radius 3 is 1.71 bits per heavy atom. The van der Waals surface area contributed by atoms with E-state index in [0.29, 0.717) is 0 Å². The zero-order valence-corrected chi connectivity index (χ0v) is 31.6. The lowest BCUT2D eigenvalue weighted by atomic mass is 9.67. The molecule has 0 aliphatic heterocycles. The van der Waals surface area contributed by atoms with Crippen LogP contribution in [0.2, 0.25) is 0 Å². The third-order valence-electron chi connectivity index (χ3n) is 12.3. The minimum Gasteiger partial charge on any atom is -0.456 e. The van der Waals surface area contributed by atoms with Gasteiger partial charge in [0.15, 0.2) is 0 Å². The van der Waals surface area contributed by atoms with Gasteiger partial charge in [-0.25, -0.2) is 4.98 Å². The molecule has 2 aromatic heterocycles. The summed E-state index contributed by atoms with van der Waals surface area (Å²) in [5.74, 6) is 0. The number of hydrogen-bond donors (Lipinski definition) is 0. The Hall–Kier alpha value is -7.55. The van der Waals surface area contributed by atoms with Crippen molar-refractivity contribution in [2.75, 3.05) is 0 Å². The smallest absolute Gasteiger partial charge is 0.136 e. The lowest BCUT2D eigenvalue weighted by molar-refractivity contribution is 0.669. The Kier molecular flexibility index (Phi) is 7.18. The quantitative estimate of drug-likeness (QED) is 0.164. The van der Waals surface area contributed by atoms with Crippen molar-refractivity contribution >= 4 is 43.6 Å². The molecular formula is C56H35NO. The van der Waals surface area contributed by atoms with E-state index in [1.165, 1.54) is 49.9 Å². The summed E-state index contributed by atoms with van der Waals surface area (Å²) in [6.45, 7) is 0. The molecule has 58 heavy (non-hydrogen) atoms. The van der Waals surface area contributed by atoms with E-state index < -0.39 is 5.41 Å². The van der Waals surface area contributed by atoms with Crippen molar-refractivity contribution in [3.05, 3.63) is 235 Å². The summed E-state index contributed by atoms with van der Waals surface area (Å²) in [6, 6.07) is 76.8. The van der Waals surface area contributed by atoms with Gasteiger partial charge in [-0.3, -0.25) is 0 Å². The van der Waals surface area contributed by atoms with Crippen LogP contribution >= 0.6 is 0 Å². The summed E-state index contributed by atoms with van der Waals surface area (Å²) in [6.07, 6.45) is 0. The molecule has 11 aromatic rings. The Labute approximate surface area is 336 Å². The predicted molar refractivity (Wildman–Crippen MR) is 240 cm³/mol. The van der Waals surface area contributed by atoms with Crippen LogP contribution in [0.5, 0.6) is 0 Å². The van der Waals surface area contributed by atoms with Crippen LogP contribution in [0.3, 0.4) is 0 Å². The first-order valence-corrected chi connectivity index (χ1v) is 20.0. The van der Waals surface area contributed by atoms with Gasteiger partial charge in [0.1, 0.15) is 11.2 Å². The van der Waals surface area contributed by atoms with Gasteiger partial charge in [-0.2, -0.15) is 0 Å². The van der Waals surface area contributed by atoms with Crippen LogP contribution in [0, 0.1) is 0 Å². The first-order valence-electron chi connectivity index (χ1n) is 20.0. The molecule has 1 aliphatic carbocycles. The van der Waals surface area contributed by atoms with Crippen LogP contribution in [-0.4, -0.2) is 4.98 Å². The zero-order chi connectivity index (χ0) is 38.2. The van der Waals surface area contributed by atoms with Crippen LogP contribution in [0.15, 0.2) is 217 Å². The maximum Gasteiger partial charge on any atom is 0.136 e. The van der Waals surface area contributed by atoms with Gasteiger partial charge in [-0.1, -0.05) is 194 Å². The molecule has 1 aliphatic rings. The van der Waals surface area contributed by atoms with Crippen molar-refractivity contribution in [1.29, 1.82) is 0 Å². The number of benzene rings is 9. The molecule has 0 spiro atoms. The zero-order valence-electron chi connectivity index (χ0n) is 31.6. The first-order chi connectivity index (χ1) is 28.8. The summed E-state index contributed by atoms with van der Waals surface area (Å²) in [4.78, 5) is 5.29. The molecule has 2 heterocycles. The van der Waals surface area contributed by atoms with Gasteiger partial charge in [-0.05, 0) is 68.3 Å². The average molecular weight is 738 g/mol. The highest BCUT2D eigenvalue weighted by Crippen LogP contribution is 2.58. The molecule has 270 valence electrons. The van der Waals surface area contributed by atoms with Crippen molar-refractivity contribution in [3.8, 4) is 44.6 Å². The van der Waals surface area contributed by atoms with Crippen molar-refractivity contribution < 1.29 is 4.42 Å². The number of hydrogen-bond acceptors (Lipinski definition) is 2. The van der Waals surface area contributed by atoms with E-state index in [-0.39, 0.29) is 0 Å². The molecule has 0 atom stereocenters. The monoisotopic (exact) mass is 737 g/mol. The molecule has 0 unspecified atom stereocenters. The lowest BCUT2D eigenvalue weighted by Gasteiger charge is -2.34. The van der Waals surface area contributed by atoms with Crippen molar-refractivity contribution in [1.82, 2.24) is 4.98 Å². The second-order valence-corrected chi connectivity index (χ2v) is 15.3. The molecule has 2 nitrogen and oxygen atoms in total. The molecule has 2 heteroatoms. The summed E-state index contributed by atoms with van der Waals surface area (Å²) in [7, 11) is 0. The van der Waals surface area contributed by atoms with Gasteiger partial charge in [0.25, 0.3) is 0 Å². The average Bonchev–Trinajstić information content (AvgIpc) is 3.83. The topological polar surface area (TPSA) is 26.0 Å². The van der Waals surface area contributed by atoms with Crippen LogP contribution in [-0.2, 0) is 5.41 Å². The van der Waals surface area contributed by atoms with Crippen LogP contribution in [0.4, 0.5) is 0 Å². The Morgan fingerprint density at radius 1 is 0.362 bits per heavy atom. The maximum atomic E-state index is 6.67. The molecular weight excluding hydrogens is 703 g/mol. The Morgan fingerprint density at radius 2 is 0.948 bits per heavy atom. The van der Waals surface area contributed by atoms with Gasteiger partial charge in [0, 0.05) is 38.1 Å². The molecule has 12 rings (SSSR count). The normalized spacial score (nSPS) is 13.0. The second-order valence-electron chi connectivity index (χ2n) is 15.3. The fourth-order valence-electron chi connectivity index (χ4n) is 9.97. The van der Waals surface area contributed by atoms with E-state index in [2.05, 4.69) is 206 Å². The summed E-state index contributed by atoms with van der Waals surface area (Å²) < 4.78 is 6.67. The number of aromatic nitrogens is 1. The van der Waals surface area contributed by atoms with E-state index in [0.717, 1.165) is 60.6 Å². The fraction of sp³-hybridized carbons (Fsp3) is 0.0179. The third kappa shape index (κ3) is 4.63. The minimum absolute atomic E-state index is 0.452. The molecule has 0 amide bonds. The lowest BCUT2D eigenvalue weighted by Crippen LogP contribution is -2.28. The van der Waals surface area contributed by atoms with Gasteiger partial charge in [0.2, 0.25) is 0 Å². The van der Waals surface area contributed by atoms with E-state index in [1.54, 1.807) is 0 Å². The molecule has 0 saturated heterocycles. The predicted octanol–water partition coefficient (Wildman–Crippen LogP) is 14.7. The van der Waals surface area contributed by atoms with E-state index in [4.69, 9.17) is 9.40 Å². The highest BCUT2D eigenvalue weighted by Gasteiger charge is 2.46. The molecule has 0 fully saturated rings. The maximum absolute atomic E-state index is 6.67. The number of rotatable bonds is 5. The van der Waals surface area contributed by atoms with Crippen molar-refractivity contribution in [2.24, 2.45) is 0 Å². The van der Waals surface area contributed by atoms with E-state index in [9.17, 15) is 0 Å². The molecule has 0 N–H and O–H groups in total. The summed E-state index contributed by atoms with van der Waals surface area (Å²) in [5.41, 5.74) is 16.7. The fourth-order valence-corrected chi connectivity index (χ4v) is 9.97. The van der Waals surface area contributed by atoms with Crippen molar-refractivity contribution in [3.63, 3.8) is 0 Å². The number of para-hydroxylation sites is 2. The van der Waals surface area contributed by atoms with Crippen molar-refractivity contribution in [2.45, 2.75) is 5.41 Å². The number of fused-ring (bicyclic) bond motifs is 9. The standard InChI is InChI=1S/C56H35NO/c1-4-17-38(18-5-1)55-45-35-50-54(44-25-12-15-30-49(44)58-50)51(53(45)43-24-11-14-29-48(43)57-55)37-33-31-36(32-34-37)41-26-16-28-47-52(41)42-23-10-13-27-46(42)56(47,39-19-6-2-7-20-39)40-21-8-3-9-22-40/h1-35H. The van der Waals surface area contributed by atoms with Gasteiger partial charge >= 0.3 is 0 Å². The Balaban J connectivity index is 1.12. The molecule has 9 aromatic carbocycles. The van der Waals surface area contributed by atoms with Gasteiger partial charge < -0.3 is 4.42 Å². The third-order valence-corrected chi connectivity index (χ3v) is 12.3. The van der Waals surface area contributed by atoms with Crippen LogP contribution in [0.1, 0.15) is 22.3 Å². The molecule has 0 saturated carbocycles. The van der Waals surface area contributed by atoms with Gasteiger partial charge in [-0.15, -0.1) is 0 Å². The van der Waals surface area contributed by atoms with Gasteiger partial charge in [0.05, 0.1) is 16.6 Å². The molecule has 0 radical (unpaired) electrons. The van der Waals surface area contributed by atoms with Crippen LogP contribution in [0.25, 0.3) is 88.3 Å². The summed E-state index contributed by atoms with van der Waals surface area (Å²) in [5, 5.41) is 5.61.